The summed E-state index contributed by atoms with van der Waals surface area (Å²) in [6.07, 6.45) is 1.57. The van der Waals surface area contributed by atoms with Gasteiger partial charge in [0.1, 0.15) is 11.5 Å². The second-order valence-corrected chi connectivity index (χ2v) is 4.51. The number of benzene rings is 1. The Morgan fingerprint density at radius 2 is 2.24 bits per heavy atom. The van der Waals surface area contributed by atoms with Crippen LogP contribution in [0.2, 0.25) is 5.02 Å². The Labute approximate surface area is 124 Å². The summed E-state index contributed by atoms with van der Waals surface area (Å²) in [6, 6.07) is 5.40. The number of pyridine rings is 1. The molecule has 8 heteroatoms. The van der Waals surface area contributed by atoms with Crippen molar-refractivity contribution in [1.29, 1.82) is 0 Å². The molecule has 1 aromatic heterocycles. The molecule has 6 nitrogen and oxygen atoms in total. The van der Waals surface area contributed by atoms with E-state index in [0.717, 1.165) is 11.6 Å². The van der Waals surface area contributed by atoms with E-state index in [1.165, 1.54) is 13.2 Å². The largest absolute Gasteiger partial charge is 0.481 e. The molecule has 0 amide bonds. The van der Waals surface area contributed by atoms with Crippen molar-refractivity contribution < 1.29 is 14.1 Å². The van der Waals surface area contributed by atoms with Crippen LogP contribution in [-0.2, 0) is 6.54 Å². The van der Waals surface area contributed by atoms with Crippen molar-refractivity contribution in [1.82, 2.24) is 4.98 Å². The van der Waals surface area contributed by atoms with Gasteiger partial charge in [-0.25, -0.2) is 9.37 Å². The molecular weight excluding hydrogens is 301 g/mol. The predicted molar refractivity (Wildman–Crippen MR) is 76.2 cm³/mol. The lowest BCUT2D eigenvalue weighted by atomic mass is 10.2. The molecule has 2 rings (SSSR count). The fourth-order valence-electron chi connectivity index (χ4n) is 1.66. The SMILES string of the molecule is COc1ccc(CNc2cc(Cl)c(F)cc2[N+](=O)[O-])cn1. The lowest BCUT2D eigenvalue weighted by Crippen LogP contribution is -2.04. The number of nitro benzene ring substituents is 1. The van der Waals surface area contributed by atoms with Gasteiger partial charge >= 0.3 is 0 Å². The number of rotatable bonds is 5. The van der Waals surface area contributed by atoms with Gasteiger partial charge in [0.2, 0.25) is 5.88 Å². The Morgan fingerprint density at radius 1 is 1.48 bits per heavy atom. The van der Waals surface area contributed by atoms with Crippen molar-refractivity contribution in [2.75, 3.05) is 12.4 Å². The highest BCUT2D eigenvalue weighted by atomic mass is 35.5. The molecule has 0 radical (unpaired) electrons. The topological polar surface area (TPSA) is 77.3 Å². The summed E-state index contributed by atoms with van der Waals surface area (Å²) >= 11 is 5.65. The van der Waals surface area contributed by atoms with Crippen LogP contribution in [-0.4, -0.2) is 17.0 Å². The van der Waals surface area contributed by atoms with E-state index < -0.39 is 10.7 Å². The van der Waals surface area contributed by atoms with Crippen molar-refractivity contribution >= 4 is 23.0 Å². The van der Waals surface area contributed by atoms with Crippen LogP contribution < -0.4 is 10.1 Å². The third-order valence-electron chi connectivity index (χ3n) is 2.73. The van der Waals surface area contributed by atoms with Gasteiger partial charge in [-0.05, 0) is 11.6 Å². The molecule has 0 atom stereocenters. The van der Waals surface area contributed by atoms with Crippen LogP contribution in [0.3, 0.4) is 0 Å². The van der Waals surface area contributed by atoms with Gasteiger partial charge in [0.15, 0.2) is 0 Å². The summed E-state index contributed by atoms with van der Waals surface area (Å²) in [5.74, 6) is -0.366. The Kier molecular flexibility index (Phi) is 4.54. The summed E-state index contributed by atoms with van der Waals surface area (Å²) in [7, 11) is 1.50. The Hall–Kier alpha value is -2.41. The maximum atomic E-state index is 13.3. The third-order valence-corrected chi connectivity index (χ3v) is 3.01. The normalized spacial score (nSPS) is 10.2. The van der Waals surface area contributed by atoms with E-state index in [2.05, 4.69) is 10.3 Å². The molecule has 0 spiro atoms. The first kappa shape index (κ1) is 15.0. The van der Waals surface area contributed by atoms with Gasteiger partial charge in [0.05, 0.1) is 23.1 Å². The van der Waals surface area contributed by atoms with Gasteiger partial charge in [-0.3, -0.25) is 10.1 Å². The van der Waals surface area contributed by atoms with Crippen molar-refractivity contribution in [3.8, 4) is 5.88 Å². The summed E-state index contributed by atoms with van der Waals surface area (Å²) < 4.78 is 18.2. The minimum Gasteiger partial charge on any atom is -0.481 e. The molecule has 1 N–H and O–H groups in total. The van der Waals surface area contributed by atoms with E-state index in [1.54, 1.807) is 18.3 Å². The molecule has 2 aromatic rings. The zero-order valence-corrected chi connectivity index (χ0v) is 11.7. The molecule has 1 heterocycles. The minimum atomic E-state index is -0.833. The third kappa shape index (κ3) is 3.57. The molecule has 0 aliphatic rings. The smallest absolute Gasteiger partial charge is 0.295 e. The number of hydrogen-bond acceptors (Lipinski definition) is 5. The summed E-state index contributed by atoms with van der Waals surface area (Å²) in [4.78, 5) is 14.3. The standard InChI is InChI=1S/C13H11ClFN3O3/c1-21-13-3-2-8(7-17-13)6-16-11-4-9(14)10(15)5-12(11)18(19)20/h2-5,7,16H,6H2,1H3. The van der Waals surface area contributed by atoms with E-state index in [-0.39, 0.29) is 22.9 Å². The highest BCUT2D eigenvalue weighted by Crippen LogP contribution is 2.30. The number of nitrogens with one attached hydrogen (secondary N) is 1. The first-order valence-electron chi connectivity index (χ1n) is 5.87. The predicted octanol–water partition coefficient (Wildman–Crippen LogP) is 3.40. The van der Waals surface area contributed by atoms with Crippen LogP contribution in [0.1, 0.15) is 5.56 Å². The fourth-order valence-corrected chi connectivity index (χ4v) is 1.83. The Morgan fingerprint density at radius 3 is 2.81 bits per heavy atom. The second-order valence-electron chi connectivity index (χ2n) is 4.10. The molecule has 0 bridgehead atoms. The molecule has 0 saturated carbocycles. The van der Waals surface area contributed by atoms with Gasteiger partial charge in [-0.1, -0.05) is 17.7 Å². The van der Waals surface area contributed by atoms with E-state index in [9.17, 15) is 14.5 Å². The summed E-state index contributed by atoms with van der Waals surface area (Å²) in [6.45, 7) is 0.278. The molecule has 0 aliphatic carbocycles. The van der Waals surface area contributed by atoms with E-state index in [1.807, 2.05) is 0 Å². The molecule has 21 heavy (non-hydrogen) atoms. The Balaban J connectivity index is 2.18. The number of halogens is 2. The summed E-state index contributed by atoms with van der Waals surface area (Å²) in [5, 5.41) is 13.6. The van der Waals surface area contributed by atoms with E-state index in [0.29, 0.717) is 5.88 Å². The Bertz CT molecular complexity index is 664. The summed E-state index contributed by atoms with van der Waals surface area (Å²) in [5.41, 5.74) is 0.547. The average molecular weight is 312 g/mol. The highest BCUT2D eigenvalue weighted by molar-refractivity contribution is 6.31. The maximum Gasteiger partial charge on any atom is 0.295 e. The number of nitrogens with zero attached hydrogens (tertiary/aromatic N) is 2. The van der Waals surface area contributed by atoms with Crippen LogP contribution in [0.25, 0.3) is 0 Å². The zero-order chi connectivity index (χ0) is 15.4. The van der Waals surface area contributed by atoms with Crippen molar-refractivity contribution in [2.24, 2.45) is 0 Å². The first-order chi connectivity index (χ1) is 10.0. The van der Waals surface area contributed by atoms with Crippen LogP contribution in [0, 0.1) is 15.9 Å². The minimum absolute atomic E-state index is 0.141. The van der Waals surface area contributed by atoms with Crippen LogP contribution in [0.4, 0.5) is 15.8 Å². The van der Waals surface area contributed by atoms with Gasteiger partial charge in [-0.15, -0.1) is 0 Å². The van der Waals surface area contributed by atoms with Crippen LogP contribution >= 0.6 is 11.6 Å². The maximum absolute atomic E-state index is 13.3. The molecule has 1 aromatic carbocycles. The van der Waals surface area contributed by atoms with Crippen molar-refractivity contribution in [3.05, 3.63) is 57.0 Å². The quantitative estimate of drug-likeness (QED) is 0.676. The second kappa shape index (κ2) is 6.36. The van der Waals surface area contributed by atoms with Gasteiger partial charge < -0.3 is 10.1 Å². The van der Waals surface area contributed by atoms with Crippen molar-refractivity contribution in [2.45, 2.75) is 6.54 Å². The average Bonchev–Trinajstić information content (AvgIpc) is 2.48. The fraction of sp³-hybridized carbons (Fsp3) is 0.154. The van der Waals surface area contributed by atoms with Gasteiger partial charge in [-0.2, -0.15) is 0 Å². The number of anilines is 1. The van der Waals surface area contributed by atoms with Gasteiger partial charge in [0.25, 0.3) is 5.69 Å². The monoisotopic (exact) mass is 311 g/mol. The lowest BCUT2D eigenvalue weighted by molar-refractivity contribution is -0.384. The molecule has 110 valence electrons. The van der Waals surface area contributed by atoms with Gasteiger partial charge in [0, 0.05) is 18.8 Å². The molecule has 0 saturated heterocycles. The molecule has 0 unspecified atom stereocenters. The molecule has 0 fully saturated rings. The van der Waals surface area contributed by atoms with Crippen LogP contribution in [0.15, 0.2) is 30.5 Å². The number of aromatic nitrogens is 1. The highest BCUT2D eigenvalue weighted by Gasteiger charge is 2.17. The van der Waals surface area contributed by atoms with E-state index in [4.69, 9.17) is 16.3 Å². The lowest BCUT2D eigenvalue weighted by Gasteiger charge is -2.08. The van der Waals surface area contributed by atoms with Crippen molar-refractivity contribution in [3.63, 3.8) is 0 Å². The van der Waals surface area contributed by atoms with E-state index >= 15 is 0 Å². The number of methoxy groups -OCH3 is 1. The number of nitro groups is 1. The zero-order valence-electron chi connectivity index (χ0n) is 11.0. The number of hydrogen-bond donors (Lipinski definition) is 1. The molecular formula is C13H11ClFN3O3. The first-order valence-corrected chi connectivity index (χ1v) is 6.25. The molecule has 0 aliphatic heterocycles. The number of ether oxygens (including phenoxy) is 1. The van der Waals surface area contributed by atoms with Crippen LogP contribution in [0.5, 0.6) is 5.88 Å².